The summed E-state index contributed by atoms with van der Waals surface area (Å²) in [5, 5.41) is 3.68. The van der Waals surface area contributed by atoms with Crippen LogP contribution in [0, 0.1) is 0 Å². The minimum absolute atomic E-state index is 0.257. The highest BCUT2D eigenvalue weighted by Crippen LogP contribution is 2.27. The number of pyridine rings is 1. The number of carbonyl (C=O) groups excluding carboxylic acids is 2. The maximum absolute atomic E-state index is 13.3. The Hall–Kier alpha value is -4.19. The van der Waals surface area contributed by atoms with Crippen LogP contribution in [0.5, 0.6) is 5.75 Å². The van der Waals surface area contributed by atoms with Crippen molar-refractivity contribution < 1.29 is 19.1 Å². The first kappa shape index (κ1) is 23.0. The van der Waals surface area contributed by atoms with Crippen molar-refractivity contribution in [1.29, 1.82) is 0 Å². The largest absolute Gasteiger partial charge is 0.494 e. The summed E-state index contributed by atoms with van der Waals surface area (Å²) in [6.07, 6.45) is 0.762. The van der Waals surface area contributed by atoms with Crippen molar-refractivity contribution in [2.45, 2.75) is 20.3 Å². The molecule has 3 aromatic carbocycles. The first-order chi connectivity index (χ1) is 16.6. The summed E-state index contributed by atoms with van der Waals surface area (Å²) in [7, 11) is 0. The predicted molar refractivity (Wildman–Crippen MR) is 133 cm³/mol. The van der Waals surface area contributed by atoms with E-state index < -0.39 is 0 Å². The van der Waals surface area contributed by atoms with Gasteiger partial charge in [0.15, 0.2) is 0 Å². The molecule has 4 rings (SSSR count). The number of anilines is 1. The maximum atomic E-state index is 13.3. The van der Waals surface area contributed by atoms with Crippen LogP contribution < -0.4 is 10.1 Å². The monoisotopic (exact) mass is 454 g/mol. The van der Waals surface area contributed by atoms with E-state index in [0.717, 1.165) is 28.6 Å². The number of fused-ring (bicyclic) bond motifs is 1. The molecular weight excluding hydrogens is 428 g/mol. The molecule has 1 N–H and O–H groups in total. The van der Waals surface area contributed by atoms with Gasteiger partial charge in [-0.25, -0.2) is 9.78 Å². The van der Waals surface area contributed by atoms with E-state index in [4.69, 9.17) is 14.5 Å². The molecule has 0 aliphatic carbocycles. The average molecular weight is 455 g/mol. The van der Waals surface area contributed by atoms with E-state index >= 15 is 0 Å². The van der Waals surface area contributed by atoms with E-state index in [2.05, 4.69) is 5.32 Å². The molecule has 34 heavy (non-hydrogen) atoms. The van der Waals surface area contributed by atoms with Gasteiger partial charge in [0.2, 0.25) is 0 Å². The number of amides is 1. The van der Waals surface area contributed by atoms with Crippen LogP contribution in [0.15, 0.2) is 78.9 Å². The summed E-state index contributed by atoms with van der Waals surface area (Å²) in [6, 6.07) is 23.7. The minimum atomic E-state index is -0.375. The Morgan fingerprint density at radius 2 is 1.65 bits per heavy atom. The number of ether oxygens (including phenoxy) is 2. The number of para-hydroxylation sites is 1. The molecule has 0 radical (unpaired) electrons. The number of nitrogens with one attached hydrogen (secondary N) is 1. The lowest BCUT2D eigenvalue weighted by molar-refractivity contribution is 0.0505. The summed E-state index contributed by atoms with van der Waals surface area (Å²) in [6.45, 7) is 4.85. The third-order valence-corrected chi connectivity index (χ3v) is 5.24. The fraction of sp³-hybridized carbons (Fsp3) is 0.179. The zero-order valence-corrected chi connectivity index (χ0v) is 19.2. The zero-order valence-electron chi connectivity index (χ0n) is 19.2. The molecular formula is C28H26N2O4. The van der Waals surface area contributed by atoms with E-state index in [9.17, 15) is 9.59 Å². The molecule has 0 saturated carbocycles. The average Bonchev–Trinajstić information content (AvgIpc) is 2.87. The smallest absolute Gasteiger partial charge is 0.338 e. The number of carbonyl (C=O) groups is 2. The SMILES string of the molecule is CCCOC(=O)c1ccc(NC(=O)c2cc(-c3ccc(OCC)cc3)nc3ccccc23)cc1. The van der Waals surface area contributed by atoms with Gasteiger partial charge < -0.3 is 14.8 Å². The van der Waals surface area contributed by atoms with Crippen molar-refractivity contribution in [2.24, 2.45) is 0 Å². The number of nitrogens with zero attached hydrogens (tertiary/aromatic N) is 1. The van der Waals surface area contributed by atoms with E-state index in [0.29, 0.717) is 35.7 Å². The maximum Gasteiger partial charge on any atom is 0.338 e. The Morgan fingerprint density at radius 3 is 2.35 bits per heavy atom. The van der Waals surface area contributed by atoms with Gasteiger partial charge in [-0.2, -0.15) is 0 Å². The van der Waals surface area contributed by atoms with Crippen LogP contribution >= 0.6 is 0 Å². The van der Waals surface area contributed by atoms with Gasteiger partial charge in [0.05, 0.1) is 35.6 Å². The first-order valence-electron chi connectivity index (χ1n) is 11.3. The van der Waals surface area contributed by atoms with Crippen LogP contribution in [0.4, 0.5) is 5.69 Å². The molecule has 1 aromatic heterocycles. The van der Waals surface area contributed by atoms with Crippen LogP contribution in [-0.4, -0.2) is 30.1 Å². The van der Waals surface area contributed by atoms with Crippen molar-refractivity contribution in [3.05, 3.63) is 90.0 Å². The van der Waals surface area contributed by atoms with Crippen LogP contribution in [0.1, 0.15) is 41.0 Å². The van der Waals surface area contributed by atoms with Gasteiger partial charge in [0.1, 0.15) is 5.75 Å². The number of rotatable bonds is 8. The molecule has 0 saturated heterocycles. The molecule has 0 aliphatic rings. The van der Waals surface area contributed by atoms with E-state index in [1.54, 1.807) is 30.3 Å². The summed E-state index contributed by atoms with van der Waals surface area (Å²) < 4.78 is 10.7. The van der Waals surface area contributed by atoms with Crippen molar-refractivity contribution in [1.82, 2.24) is 4.98 Å². The lowest BCUT2D eigenvalue weighted by Gasteiger charge is -2.11. The van der Waals surface area contributed by atoms with Gasteiger partial charge >= 0.3 is 5.97 Å². The highest BCUT2D eigenvalue weighted by Gasteiger charge is 2.15. The lowest BCUT2D eigenvalue weighted by atomic mass is 10.0. The number of hydrogen-bond acceptors (Lipinski definition) is 5. The van der Waals surface area contributed by atoms with Crippen LogP contribution in [0.25, 0.3) is 22.2 Å². The molecule has 6 nitrogen and oxygen atoms in total. The van der Waals surface area contributed by atoms with Crippen molar-refractivity contribution in [3.8, 4) is 17.0 Å². The molecule has 1 heterocycles. The highest BCUT2D eigenvalue weighted by molar-refractivity contribution is 6.13. The fourth-order valence-corrected chi connectivity index (χ4v) is 3.57. The van der Waals surface area contributed by atoms with Crippen LogP contribution in [-0.2, 0) is 4.74 Å². The first-order valence-corrected chi connectivity index (χ1v) is 11.3. The Morgan fingerprint density at radius 1 is 0.912 bits per heavy atom. The third kappa shape index (κ3) is 5.23. The molecule has 0 bridgehead atoms. The van der Waals surface area contributed by atoms with Gasteiger partial charge in [-0.3, -0.25) is 4.79 Å². The van der Waals surface area contributed by atoms with Crippen molar-refractivity contribution in [2.75, 3.05) is 18.5 Å². The van der Waals surface area contributed by atoms with Crippen LogP contribution in [0.2, 0.25) is 0 Å². The second-order valence-electron chi connectivity index (χ2n) is 7.70. The highest BCUT2D eigenvalue weighted by atomic mass is 16.5. The molecule has 0 atom stereocenters. The molecule has 172 valence electrons. The summed E-state index contributed by atoms with van der Waals surface area (Å²) in [5.41, 5.74) is 3.85. The normalized spacial score (nSPS) is 10.6. The fourth-order valence-electron chi connectivity index (χ4n) is 3.57. The van der Waals surface area contributed by atoms with Crippen molar-refractivity contribution in [3.63, 3.8) is 0 Å². The third-order valence-electron chi connectivity index (χ3n) is 5.24. The topological polar surface area (TPSA) is 77.5 Å². The number of aromatic nitrogens is 1. The van der Waals surface area contributed by atoms with E-state index in [1.807, 2.05) is 62.4 Å². The Balaban J connectivity index is 1.61. The van der Waals surface area contributed by atoms with Gasteiger partial charge in [0, 0.05) is 16.6 Å². The Labute approximate surface area is 198 Å². The molecule has 0 aliphatic heterocycles. The molecule has 4 aromatic rings. The number of esters is 1. The molecule has 0 spiro atoms. The standard InChI is InChI=1S/C28H26N2O4/c1-3-17-34-28(32)20-9-13-21(14-10-20)29-27(31)24-18-26(30-25-8-6-5-7-23(24)25)19-11-15-22(16-12-19)33-4-2/h5-16,18H,3-4,17H2,1-2H3,(H,29,31). The second kappa shape index (κ2) is 10.6. The predicted octanol–water partition coefficient (Wildman–Crippen LogP) is 6.12. The summed E-state index contributed by atoms with van der Waals surface area (Å²) in [5.74, 6) is 0.152. The molecule has 0 unspecified atom stereocenters. The lowest BCUT2D eigenvalue weighted by Crippen LogP contribution is -2.13. The van der Waals surface area contributed by atoms with E-state index in [1.165, 1.54) is 0 Å². The number of hydrogen-bond donors (Lipinski definition) is 1. The zero-order chi connectivity index (χ0) is 23.9. The van der Waals surface area contributed by atoms with Gasteiger partial charge in [-0.15, -0.1) is 0 Å². The summed E-state index contributed by atoms with van der Waals surface area (Å²) >= 11 is 0. The van der Waals surface area contributed by atoms with Crippen molar-refractivity contribution >= 4 is 28.5 Å². The minimum Gasteiger partial charge on any atom is -0.494 e. The second-order valence-corrected chi connectivity index (χ2v) is 7.70. The Kier molecular flexibility index (Phi) is 7.18. The molecule has 0 fully saturated rings. The molecule has 6 heteroatoms. The number of benzene rings is 3. The van der Waals surface area contributed by atoms with Gasteiger partial charge in [-0.05, 0) is 74.0 Å². The van der Waals surface area contributed by atoms with Crippen LogP contribution in [0.3, 0.4) is 0 Å². The Bertz CT molecular complexity index is 1300. The summed E-state index contributed by atoms with van der Waals surface area (Å²) in [4.78, 5) is 30.0. The van der Waals surface area contributed by atoms with Gasteiger partial charge in [0.25, 0.3) is 5.91 Å². The quantitative estimate of drug-likeness (QED) is 0.325. The molecule has 1 amide bonds. The van der Waals surface area contributed by atoms with Gasteiger partial charge in [-0.1, -0.05) is 25.1 Å². The van der Waals surface area contributed by atoms with E-state index in [-0.39, 0.29) is 11.9 Å².